The van der Waals surface area contributed by atoms with E-state index in [1.807, 2.05) is 105 Å². The van der Waals surface area contributed by atoms with Gasteiger partial charge in [-0.1, -0.05) is 139 Å². The summed E-state index contributed by atoms with van der Waals surface area (Å²) in [6.45, 7) is 14.7. The van der Waals surface area contributed by atoms with Gasteiger partial charge < -0.3 is 4.74 Å². The summed E-state index contributed by atoms with van der Waals surface area (Å²) in [7, 11) is 0. The number of rotatable bonds is 8. The van der Waals surface area contributed by atoms with Crippen molar-refractivity contribution in [2.75, 3.05) is 0 Å². The third kappa shape index (κ3) is 7.34. The van der Waals surface area contributed by atoms with Gasteiger partial charge in [0.25, 0.3) is 6.33 Å². The average molecular weight is 778 g/mol. The van der Waals surface area contributed by atoms with Crippen molar-refractivity contribution >= 4 is 21.8 Å². The zero-order chi connectivity index (χ0) is 47.0. The molecular weight excluding hydrogens is 721 g/mol. The molecule has 0 spiro atoms. The predicted molar refractivity (Wildman–Crippen MR) is 242 cm³/mol. The van der Waals surface area contributed by atoms with Crippen LogP contribution in [0.5, 0.6) is 11.5 Å². The van der Waals surface area contributed by atoms with Crippen molar-refractivity contribution in [3.8, 4) is 50.9 Å². The highest BCUT2D eigenvalue weighted by molar-refractivity contribution is 6.09. The van der Waals surface area contributed by atoms with Gasteiger partial charge in [-0.15, -0.1) is 0 Å². The number of hydrogen-bond acceptors (Lipinski definition) is 2. The molecule has 0 unspecified atom stereocenters. The Kier molecular flexibility index (Phi) is 7.67. The molecule has 3 heterocycles. The summed E-state index contributed by atoms with van der Waals surface area (Å²) in [5.74, 6) is 1.78. The number of imidazole rings is 1. The van der Waals surface area contributed by atoms with E-state index >= 15 is 0 Å². The molecule has 0 saturated carbocycles. The highest BCUT2D eigenvalue weighted by Gasteiger charge is 2.23. The standard InChI is InChI=1S/C54H50N4O/c1-8-37-26-27-55-51(30-37)58-49-23-13-12-20-47(49)48-25-24-44(35-50(48)58)59-43-19-14-18-42(34-43)56-28-29-57(36-56)52-45(38-16-10-9-11-17-38)21-15-22-46(52)39-31-40(53(2,3)4)33-41(32-39)54(5,6)7/h9-35H,8H2,1-7H3/i8D2,9D,10D,11D,16D,17D. The van der Waals surface area contributed by atoms with Crippen molar-refractivity contribution in [3.05, 3.63) is 187 Å². The number of ether oxygens (including phenoxy) is 1. The van der Waals surface area contributed by atoms with E-state index in [0.29, 0.717) is 34.1 Å². The number of pyridine rings is 1. The first-order valence-corrected chi connectivity index (χ1v) is 19.9. The van der Waals surface area contributed by atoms with Crippen molar-refractivity contribution < 1.29 is 18.9 Å². The van der Waals surface area contributed by atoms with Gasteiger partial charge in [0.2, 0.25) is 0 Å². The van der Waals surface area contributed by atoms with E-state index in [2.05, 4.69) is 77.1 Å². The summed E-state index contributed by atoms with van der Waals surface area (Å²) >= 11 is 0. The molecule has 3 aromatic heterocycles. The Labute approximate surface area is 357 Å². The van der Waals surface area contributed by atoms with Crippen molar-refractivity contribution in [2.45, 2.75) is 65.7 Å². The highest BCUT2D eigenvalue weighted by atomic mass is 16.5. The number of hydrogen-bond donors (Lipinski definition) is 0. The molecule has 0 aliphatic carbocycles. The normalized spacial score (nSPS) is 14.0. The van der Waals surface area contributed by atoms with Crippen LogP contribution < -0.4 is 9.30 Å². The number of nitrogens with zero attached hydrogens (tertiary/aromatic N) is 4. The van der Waals surface area contributed by atoms with Crippen molar-refractivity contribution in [2.24, 2.45) is 0 Å². The van der Waals surface area contributed by atoms with Crippen LogP contribution in [0.3, 0.4) is 0 Å². The summed E-state index contributed by atoms with van der Waals surface area (Å²) in [6.07, 6.45) is 7.33. The second-order valence-electron chi connectivity index (χ2n) is 16.9. The molecule has 292 valence electrons. The zero-order valence-electron chi connectivity index (χ0n) is 41.4. The van der Waals surface area contributed by atoms with Gasteiger partial charge in [-0.2, -0.15) is 0 Å². The first-order chi connectivity index (χ1) is 31.2. The van der Waals surface area contributed by atoms with Gasteiger partial charge in [0, 0.05) is 38.2 Å². The molecule has 0 amide bonds. The molecule has 59 heavy (non-hydrogen) atoms. The first kappa shape index (κ1) is 30.4. The number of benzene rings is 6. The van der Waals surface area contributed by atoms with E-state index in [9.17, 15) is 0 Å². The van der Waals surface area contributed by atoms with E-state index < -0.39 is 24.5 Å². The molecule has 6 aromatic carbocycles. The van der Waals surface area contributed by atoms with Crippen LogP contribution in [0.25, 0.3) is 61.3 Å². The minimum Gasteiger partial charge on any atom is -0.458 e. The second-order valence-corrected chi connectivity index (χ2v) is 16.9. The minimum atomic E-state index is -1.55. The molecule has 0 aliphatic rings. The summed E-state index contributed by atoms with van der Waals surface area (Å²) in [4.78, 5) is 4.67. The van der Waals surface area contributed by atoms with Crippen molar-refractivity contribution in [1.29, 1.82) is 0 Å². The summed E-state index contributed by atoms with van der Waals surface area (Å²) in [5, 5.41) is 2.05. The highest BCUT2D eigenvalue weighted by Crippen LogP contribution is 2.39. The van der Waals surface area contributed by atoms with Gasteiger partial charge in [-0.05, 0) is 105 Å². The van der Waals surface area contributed by atoms with Crippen molar-refractivity contribution in [1.82, 2.24) is 14.1 Å². The van der Waals surface area contributed by atoms with E-state index in [4.69, 9.17) is 14.3 Å². The lowest BCUT2D eigenvalue weighted by Gasteiger charge is -2.27. The fourth-order valence-corrected chi connectivity index (χ4v) is 7.65. The van der Waals surface area contributed by atoms with Crippen LogP contribution >= 0.6 is 0 Å². The Morgan fingerprint density at radius 3 is 2.14 bits per heavy atom. The molecule has 5 heteroatoms. The van der Waals surface area contributed by atoms with Crippen LogP contribution in [0.2, 0.25) is 0 Å². The molecule has 9 rings (SSSR count). The molecule has 9 aromatic rings. The van der Waals surface area contributed by atoms with Gasteiger partial charge in [0.15, 0.2) is 0 Å². The van der Waals surface area contributed by atoms with E-state index in [0.717, 1.165) is 49.7 Å². The van der Waals surface area contributed by atoms with Crippen LogP contribution in [0.15, 0.2) is 164 Å². The molecular formula is C54H50N4O. The predicted octanol–water partition coefficient (Wildman–Crippen LogP) is 13.3. The lowest BCUT2D eigenvalue weighted by molar-refractivity contribution is -0.598. The molecule has 0 bridgehead atoms. The molecule has 0 N–H and O–H groups in total. The number of para-hydroxylation sites is 2. The number of aryl methyl sites for hydroxylation is 1. The third-order valence-electron chi connectivity index (χ3n) is 10.8. The van der Waals surface area contributed by atoms with Crippen LogP contribution in [0, 0.1) is 6.33 Å². The van der Waals surface area contributed by atoms with Gasteiger partial charge in [-0.3, -0.25) is 13.7 Å². The maximum absolute atomic E-state index is 9.02. The summed E-state index contributed by atoms with van der Waals surface area (Å²) < 4.78 is 72.5. The minimum absolute atomic E-state index is 0.107. The summed E-state index contributed by atoms with van der Waals surface area (Å²) in [5.41, 5.74) is 8.01. The first-order valence-electron chi connectivity index (χ1n) is 23.4. The largest absolute Gasteiger partial charge is 0.458 e. The Morgan fingerprint density at radius 2 is 1.39 bits per heavy atom. The smallest absolute Gasteiger partial charge is 0.268 e. The van der Waals surface area contributed by atoms with Gasteiger partial charge in [0.05, 0.1) is 29.3 Å². The fourth-order valence-electron chi connectivity index (χ4n) is 7.65. The molecule has 0 fully saturated rings. The zero-order valence-corrected chi connectivity index (χ0v) is 34.4. The van der Waals surface area contributed by atoms with Gasteiger partial charge in [0.1, 0.15) is 17.3 Å². The van der Waals surface area contributed by atoms with E-state index in [1.54, 1.807) is 25.3 Å². The molecule has 5 nitrogen and oxygen atoms in total. The van der Waals surface area contributed by atoms with E-state index in [-0.39, 0.29) is 28.5 Å². The monoisotopic (exact) mass is 777 g/mol. The maximum Gasteiger partial charge on any atom is 0.268 e. The lowest BCUT2D eigenvalue weighted by Crippen LogP contribution is -2.30. The average Bonchev–Trinajstić information content (AvgIpc) is 3.90. The topological polar surface area (TPSA) is 35.9 Å². The Morgan fingerprint density at radius 1 is 0.695 bits per heavy atom. The van der Waals surface area contributed by atoms with Crippen LogP contribution in [0.4, 0.5) is 0 Å². The molecule has 0 atom stereocenters. The Balaban J connectivity index is 1.15. The van der Waals surface area contributed by atoms with Gasteiger partial charge >= 0.3 is 0 Å². The SMILES string of the molecule is [2H]c1c([2H])c([2H])c(-c2cccc(-c3cc(C(C)(C)C)cc(C(C)(C)C)c3)c2-[n+]2[c-]n(-c3cccc(Oc4ccc5c6ccccc6n(-c6cc(C([2H])([2H])C)ccn6)c5c4)c3)cc2)c([2H])c1[2H]. The number of fused-ring (bicyclic) bond motifs is 3. The molecule has 0 saturated heterocycles. The van der Waals surface area contributed by atoms with E-state index in [1.165, 1.54) is 0 Å². The lowest BCUT2D eigenvalue weighted by atomic mass is 9.78. The van der Waals surface area contributed by atoms with Crippen LogP contribution in [-0.4, -0.2) is 14.1 Å². The molecule has 0 aliphatic heterocycles. The third-order valence-corrected chi connectivity index (χ3v) is 10.8. The van der Waals surface area contributed by atoms with Crippen LogP contribution in [-0.2, 0) is 17.2 Å². The van der Waals surface area contributed by atoms with Crippen LogP contribution in [0.1, 0.15) is 74.8 Å². The second kappa shape index (κ2) is 14.9. The quantitative estimate of drug-likeness (QED) is 0.114. The van der Waals surface area contributed by atoms with Gasteiger partial charge in [-0.25, -0.2) is 4.98 Å². The fraction of sp³-hybridized carbons (Fsp3) is 0.185. The van der Waals surface area contributed by atoms with Crippen molar-refractivity contribution in [3.63, 3.8) is 0 Å². The molecule has 0 radical (unpaired) electrons. The maximum atomic E-state index is 9.02. The summed E-state index contributed by atoms with van der Waals surface area (Å²) in [6, 6.07) is 35.7. The number of aromatic nitrogens is 4. The Hall–Kier alpha value is -6.72. The Bertz CT molecular complexity index is 3310.